The van der Waals surface area contributed by atoms with E-state index in [-0.39, 0.29) is 30.1 Å². The summed E-state index contributed by atoms with van der Waals surface area (Å²) in [7, 11) is 0. The van der Waals surface area contributed by atoms with Crippen molar-refractivity contribution in [3.8, 4) is 0 Å². The van der Waals surface area contributed by atoms with Crippen LogP contribution in [-0.2, 0) is 0 Å². The third-order valence-corrected chi connectivity index (χ3v) is 6.01. The van der Waals surface area contributed by atoms with Crippen molar-refractivity contribution in [3.63, 3.8) is 0 Å². The smallest absolute Gasteiger partial charge is 0.202 e. The first-order valence-corrected chi connectivity index (χ1v) is 8.75. The summed E-state index contributed by atoms with van der Waals surface area (Å²) < 4.78 is 38.5. The molecular weight excluding hydrogens is 437 g/mol. The van der Waals surface area contributed by atoms with E-state index in [0.717, 1.165) is 0 Å². The van der Waals surface area contributed by atoms with Gasteiger partial charge in [-0.1, -0.05) is 34.8 Å². The first-order chi connectivity index (χ1) is 9.46. The second-order valence-electron chi connectivity index (χ2n) is 4.56. The van der Waals surface area contributed by atoms with Crippen LogP contribution in [0.2, 0.25) is 0 Å². The van der Waals surface area contributed by atoms with Gasteiger partial charge in [-0.3, -0.25) is 0 Å². The fourth-order valence-electron chi connectivity index (χ4n) is 1.74. The molecule has 0 N–H and O–H groups in total. The Balaban J connectivity index is 5.49. The topological polar surface area (TPSA) is 0 Å². The Kier molecular flexibility index (Phi) is 9.83. The Bertz CT molecular complexity index is 352. The summed E-state index contributed by atoms with van der Waals surface area (Å²) in [4.78, 5) is 0. The normalized spacial score (nSPS) is 16.2. The predicted octanol–water partition coefficient (Wildman–Crippen LogP) is 6.94. The standard InChI is InChI=1S/C11H12Cl7F3/c12-2-1-11(17,18)8(16)9(5-13,6-14)4-10(20,21)3-7(15)19/h3,8H,1-2,4-6H2. The van der Waals surface area contributed by atoms with Crippen LogP contribution in [0.3, 0.4) is 0 Å². The zero-order valence-corrected chi connectivity index (χ0v) is 15.8. The Labute approximate surface area is 156 Å². The molecule has 0 nitrogen and oxygen atoms in total. The number of halogens is 10. The Hall–Kier alpha value is 1.56. The SMILES string of the molecule is FC(Cl)=CC(F)(F)CC(CCl)(CCl)C(Cl)C(Cl)(Cl)CCCl. The molecule has 1 unspecified atom stereocenters. The highest BCUT2D eigenvalue weighted by molar-refractivity contribution is 6.52. The molecule has 21 heavy (non-hydrogen) atoms. The maximum Gasteiger partial charge on any atom is 0.271 e. The molecule has 0 aliphatic carbocycles. The third kappa shape index (κ3) is 6.91. The fraction of sp³-hybridized carbons (Fsp3) is 0.818. The van der Waals surface area contributed by atoms with E-state index < -0.39 is 32.8 Å². The number of rotatable bonds is 9. The van der Waals surface area contributed by atoms with Gasteiger partial charge in [0.2, 0.25) is 0 Å². The van der Waals surface area contributed by atoms with Gasteiger partial charge in [0.05, 0.1) is 5.38 Å². The highest BCUT2D eigenvalue weighted by Crippen LogP contribution is 2.49. The van der Waals surface area contributed by atoms with E-state index in [2.05, 4.69) is 0 Å². The van der Waals surface area contributed by atoms with Crippen molar-refractivity contribution in [1.29, 1.82) is 0 Å². The quantitative estimate of drug-likeness (QED) is 0.335. The summed E-state index contributed by atoms with van der Waals surface area (Å²) in [6.07, 6.45) is -0.977. The molecule has 0 saturated carbocycles. The van der Waals surface area contributed by atoms with E-state index in [4.69, 9.17) is 81.2 Å². The largest absolute Gasteiger partial charge is 0.271 e. The average molecular weight is 449 g/mol. The van der Waals surface area contributed by atoms with Crippen LogP contribution in [-0.4, -0.2) is 33.3 Å². The summed E-state index contributed by atoms with van der Waals surface area (Å²) in [5.41, 5.74) is -1.55. The van der Waals surface area contributed by atoms with Gasteiger partial charge in [-0.15, -0.1) is 46.4 Å². The molecule has 10 heteroatoms. The summed E-state index contributed by atoms with van der Waals surface area (Å²) in [5.74, 6) is -4.28. The van der Waals surface area contributed by atoms with Crippen LogP contribution in [0.15, 0.2) is 11.4 Å². The van der Waals surface area contributed by atoms with Crippen molar-refractivity contribution >= 4 is 81.2 Å². The van der Waals surface area contributed by atoms with Gasteiger partial charge in [0, 0.05) is 35.6 Å². The van der Waals surface area contributed by atoms with E-state index in [9.17, 15) is 13.2 Å². The van der Waals surface area contributed by atoms with Crippen molar-refractivity contribution in [3.05, 3.63) is 11.4 Å². The zero-order valence-electron chi connectivity index (χ0n) is 10.5. The van der Waals surface area contributed by atoms with Crippen molar-refractivity contribution in [2.75, 3.05) is 17.6 Å². The maximum atomic E-state index is 13.8. The van der Waals surface area contributed by atoms with Gasteiger partial charge in [-0.2, -0.15) is 4.39 Å². The van der Waals surface area contributed by atoms with Crippen LogP contribution in [0.1, 0.15) is 12.8 Å². The molecule has 0 aromatic heterocycles. The van der Waals surface area contributed by atoms with Gasteiger partial charge >= 0.3 is 0 Å². The molecule has 0 saturated heterocycles. The van der Waals surface area contributed by atoms with E-state index in [1.165, 1.54) is 0 Å². The number of hydrogen-bond donors (Lipinski definition) is 0. The summed E-state index contributed by atoms with van der Waals surface area (Å²) in [6, 6.07) is 0. The van der Waals surface area contributed by atoms with Crippen LogP contribution in [0, 0.1) is 5.41 Å². The Morgan fingerprint density at radius 1 is 1.10 bits per heavy atom. The second-order valence-corrected chi connectivity index (χ2v) is 7.82. The summed E-state index contributed by atoms with van der Waals surface area (Å²) >= 11 is 40.1. The lowest BCUT2D eigenvalue weighted by atomic mass is 9.80. The van der Waals surface area contributed by atoms with Crippen LogP contribution in [0.25, 0.3) is 0 Å². The van der Waals surface area contributed by atoms with Crippen molar-refractivity contribution in [2.45, 2.75) is 28.5 Å². The second kappa shape index (κ2) is 9.15. The third-order valence-electron chi connectivity index (χ3n) is 2.78. The van der Waals surface area contributed by atoms with E-state index in [1.54, 1.807) is 0 Å². The van der Waals surface area contributed by atoms with Crippen LogP contribution < -0.4 is 0 Å². The molecule has 0 aromatic carbocycles. The average Bonchev–Trinajstić information content (AvgIpc) is 2.33. The van der Waals surface area contributed by atoms with Crippen molar-refractivity contribution in [1.82, 2.24) is 0 Å². The first kappa shape index (κ1) is 22.6. The van der Waals surface area contributed by atoms with Gasteiger partial charge in [-0.05, 0) is 6.42 Å². The molecule has 0 aliphatic rings. The summed E-state index contributed by atoms with van der Waals surface area (Å²) in [6.45, 7) is 0. The predicted molar refractivity (Wildman–Crippen MR) is 87.9 cm³/mol. The Morgan fingerprint density at radius 2 is 1.57 bits per heavy atom. The Morgan fingerprint density at radius 3 is 1.90 bits per heavy atom. The molecule has 0 spiro atoms. The highest BCUT2D eigenvalue weighted by Gasteiger charge is 2.52. The molecule has 0 fully saturated rings. The molecule has 0 bridgehead atoms. The van der Waals surface area contributed by atoms with Gasteiger partial charge in [0.15, 0.2) is 5.29 Å². The van der Waals surface area contributed by atoms with E-state index in [1.807, 2.05) is 0 Å². The zero-order chi connectivity index (χ0) is 16.9. The first-order valence-electron chi connectivity index (χ1n) is 5.58. The van der Waals surface area contributed by atoms with E-state index in [0.29, 0.717) is 0 Å². The van der Waals surface area contributed by atoms with E-state index >= 15 is 0 Å². The lowest BCUT2D eigenvalue weighted by Crippen LogP contribution is -2.48. The lowest BCUT2D eigenvalue weighted by molar-refractivity contribution is 0.00638. The molecule has 0 aliphatic heterocycles. The maximum absolute atomic E-state index is 13.8. The molecule has 0 radical (unpaired) electrons. The van der Waals surface area contributed by atoms with Crippen LogP contribution >= 0.6 is 81.2 Å². The molecule has 0 heterocycles. The molecule has 0 amide bonds. The lowest BCUT2D eigenvalue weighted by Gasteiger charge is -2.41. The monoisotopic (exact) mass is 446 g/mol. The van der Waals surface area contributed by atoms with Gasteiger partial charge in [0.1, 0.15) is 4.33 Å². The molecule has 126 valence electrons. The number of alkyl halides is 8. The number of allylic oxidation sites excluding steroid dienone is 1. The molecule has 0 aromatic rings. The number of hydrogen-bond acceptors (Lipinski definition) is 0. The highest BCUT2D eigenvalue weighted by atomic mass is 35.5. The van der Waals surface area contributed by atoms with Crippen LogP contribution in [0.4, 0.5) is 13.2 Å². The summed E-state index contributed by atoms with van der Waals surface area (Å²) in [5, 5.41) is -2.78. The van der Waals surface area contributed by atoms with Gasteiger partial charge in [-0.25, -0.2) is 8.78 Å². The molecule has 1 atom stereocenters. The van der Waals surface area contributed by atoms with Gasteiger partial charge < -0.3 is 0 Å². The van der Waals surface area contributed by atoms with Gasteiger partial charge in [0.25, 0.3) is 5.92 Å². The van der Waals surface area contributed by atoms with Crippen molar-refractivity contribution < 1.29 is 13.2 Å². The molecular formula is C11H12Cl7F3. The molecule has 0 rings (SSSR count). The minimum atomic E-state index is -3.62. The van der Waals surface area contributed by atoms with Crippen LogP contribution in [0.5, 0.6) is 0 Å². The minimum absolute atomic E-state index is 0.0344. The minimum Gasteiger partial charge on any atom is -0.202 e. The fourth-order valence-corrected chi connectivity index (χ4v) is 4.32. The van der Waals surface area contributed by atoms with Crippen molar-refractivity contribution in [2.24, 2.45) is 5.41 Å².